The minimum Gasteiger partial charge on any atom is -0.504 e. The highest BCUT2D eigenvalue weighted by Crippen LogP contribution is 2.35. The fourth-order valence-electron chi connectivity index (χ4n) is 4.07. The molecule has 14 heteroatoms. The molecule has 210 valence electrons. The normalized spacial score (nSPS) is 25.4. The Bertz CT molecular complexity index is 1250. The van der Waals surface area contributed by atoms with Crippen LogP contribution < -0.4 is 8.92 Å². The molecule has 0 saturated carbocycles. The molecule has 13 nitrogen and oxygen atoms in total. The lowest BCUT2D eigenvalue weighted by Gasteiger charge is -2.38. The van der Waals surface area contributed by atoms with Crippen LogP contribution in [0.15, 0.2) is 36.4 Å². The molecule has 0 aromatic heterocycles. The highest BCUT2D eigenvalue weighted by Gasteiger charge is 2.48. The number of carboxylic acid groups (broad SMARTS) is 1. The van der Waals surface area contributed by atoms with Crippen molar-refractivity contribution in [3.63, 3.8) is 0 Å². The van der Waals surface area contributed by atoms with Gasteiger partial charge < -0.3 is 44.3 Å². The highest BCUT2D eigenvalue weighted by molar-refractivity contribution is 7.81. The van der Waals surface area contributed by atoms with Gasteiger partial charge in [-0.3, -0.25) is 4.55 Å². The number of aliphatic carboxylic acids is 1. The molecular formula is C24H30O13S. The number of carbonyl (C=O) groups is 1. The minimum absolute atomic E-state index is 0.0211. The SMILES string of the molecule is C[C@H](Cc1ccc(O)c(O)c1)[C@@H](C)Cc1ccc(O[C@@H]2O[C@H](C(=O)O)[C@@H](O)[C@H](O)[C@H]2O)c(OS(=O)(=O)O)c1. The molecule has 0 spiro atoms. The molecule has 0 amide bonds. The predicted octanol–water partition coefficient (Wildman–Crippen LogP) is 0.608. The van der Waals surface area contributed by atoms with E-state index in [1.165, 1.54) is 24.3 Å². The van der Waals surface area contributed by atoms with E-state index in [-0.39, 0.29) is 29.1 Å². The van der Waals surface area contributed by atoms with Crippen LogP contribution in [0.1, 0.15) is 25.0 Å². The van der Waals surface area contributed by atoms with Gasteiger partial charge in [0.05, 0.1) is 0 Å². The zero-order chi connectivity index (χ0) is 28.4. The van der Waals surface area contributed by atoms with Gasteiger partial charge in [-0.25, -0.2) is 4.79 Å². The Morgan fingerprint density at radius 1 is 0.895 bits per heavy atom. The zero-order valence-electron chi connectivity index (χ0n) is 20.4. The molecule has 1 heterocycles. The third-order valence-electron chi connectivity index (χ3n) is 6.39. The average Bonchev–Trinajstić information content (AvgIpc) is 2.81. The second kappa shape index (κ2) is 11.7. The number of hydrogen-bond acceptors (Lipinski definition) is 11. The van der Waals surface area contributed by atoms with Crippen molar-refractivity contribution in [2.45, 2.75) is 57.4 Å². The second-order valence-corrected chi connectivity index (χ2v) is 10.4. The molecule has 7 N–H and O–H groups in total. The standard InChI is InChI=1S/C24H30O13S/c1-11(7-13-3-5-15(25)16(26)9-13)12(2)8-14-4-6-17(18(10-14)37-38(32,33)34)35-24-21(29)19(27)20(28)22(36-24)23(30)31/h3-6,9-12,19-22,24-29H,7-8H2,1-2H3,(H,30,31)(H,32,33,34)/t11-,12+,19+,20+,21-,22+,24-/m1/s1. The van der Waals surface area contributed by atoms with Crippen molar-refractivity contribution >= 4 is 16.4 Å². The van der Waals surface area contributed by atoms with Crippen molar-refractivity contribution in [3.05, 3.63) is 47.5 Å². The van der Waals surface area contributed by atoms with Gasteiger partial charge in [-0.15, -0.1) is 0 Å². The number of aromatic hydroxyl groups is 2. The van der Waals surface area contributed by atoms with E-state index < -0.39 is 52.8 Å². The predicted molar refractivity (Wildman–Crippen MR) is 129 cm³/mol. The van der Waals surface area contributed by atoms with Crippen LogP contribution in [0.5, 0.6) is 23.0 Å². The van der Waals surface area contributed by atoms with Gasteiger partial charge in [0.2, 0.25) is 6.29 Å². The summed E-state index contributed by atoms with van der Waals surface area (Å²) in [6, 6.07) is 8.63. The van der Waals surface area contributed by atoms with Gasteiger partial charge in [0.1, 0.15) is 18.3 Å². The molecule has 0 unspecified atom stereocenters. The molecule has 1 aliphatic rings. The van der Waals surface area contributed by atoms with Crippen molar-refractivity contribution in [2.75, 3.05) is 0 Å². The maximum Gasteiger partial charge on any atom is 0.446 e. The second-order valence-electron chi connectivity index (χ2n) is 9.33. The van der Waals surface area contributed by atoms with Crippen LogP contribution in [-0.2, 0) is 32.8 Å². The maximum absolute atomic E-state index is 11.5. The Kier molecular flexibility index (Phi) is 9.07. The van der Waals surface area contributed by atoms with Crippen molar-refractivity contribution in [1.82, 2.24) is 0 Å². The summed E-state index contributed by atoms with van der Waals surface area (Å²) in [5.41, 5.74) is 1.38. The Morgan fingerprint density at radius 2 is 1.47 bits per heavy atom. The molecule has 1 fully saturated rings. The van der Waals surface area contributed by atoms with E-state index in [1.54, 1.807) is 12.1 Å². The highest BCUT2D eigenvalue weighted by atomic mass is 32.3. The van der Waals surface area contributed by atoms with Crippen LogP contribution in [0.2, 0.25) is 0 Å². The summed E-state index contributed by atoms with van der Waals surface area (Å²) < 4.78 is 47.2. The van der Waals surface area contributed by atoms with Gasteiger partial charge >= 0.3 is 16.4 Å². The Labute approximate surface area is 218 Å². The van der Waals surface area contributed by atoms with E-state index in [4.69, 9.17) is 9.47 Å². The number of aliphatic hydroxyl groups excluding tert-OH is 3. The minimum atomic E-state index is -5.02. The van der Waals surface area contributed by atoms with Gasteiger partial charge in [0, 0.05) is 0 Å². The van der Waals surface area contributed by atoms with Gasteiger partial charge in [0.25, 0.3) is 0 Å². The lowest BCUT2D eigenvalue weighted by Crippen LogP contribution is -2.61. The average molecular weight is 559 g/mol. The third kappa shape index (κ3) is 7.24. The lowest BCUT2D eigenvalue weighted by atomic mass is 9.85. The van der Waals surface area contributed by atoms with Crippen molar-refractivity contribution < 1.29 is 62.1 Å². The van der Waals surface area contributed by atoms with Gasteiger partial charge in [-0.2, -0.15) is 8.42 Å². The number of phenolic OH excluding ortho intramolecular Hbond substituents is 2. The lowest BCUT2D eigenvalue weighted by molar-refractivity contribution is -0.271. The van der Waals surface area contributed by atoms with E-state index in [0.717, 1.165) is 5.56 Å². The molecule has 2 aromatic rings. The third-order valence-corrected chi connectivity index (χ3v) is 6.78. The first-order valence-corrected chi connectivity index (χ1v) is 12.9. The molecule has 38 heavy (non-hydrogen) atoms. The summed E-state index contributed by atoms with van der Waals surface area (Å²) in [6.45, 7) is 3.92. The smallest absolute Gasteiger partial charge is 0.446 e. The number of carboxylic acids is 1. The van der Waals surface area contributed by atoms with Crippen LogP contribution in [0.3, 0.4) is 0 Å². The largest absolute Gasteiger partial charge is 0.504 e. The summed E-state index contributed by atoms with van der Waals surface area (Å²) in [5.74, 6) is -2.83. The van der Waals surface area contributed by atoms with Crippen molar-refractivity contribution in [1.29, 1.82) is 0 Å². The van der Waals surface area contributed by atoms with Crippen LogP contribution in [0.4, 0.5) is 0 Å². The van der Waals surface area contributed by atoms with Crippen molar-refractivity contribution in [2.24, 2.45) is 11.8 Å². The molecule has 3 rings (SSSR count). The van der Waals surface area contributed by atoms with Crippen molar-refractivity contribution in [3.8, 4) is 23.0 Å². The first-order chi connectivity index (χ1) is 17.7. The van der Waals surface area contributed by atoms with Crippen LogP contribution in [0, 0.1) is 11.8 Å². The van der Waals surface area contributed by atoms with Crippen LogP contribution in [0.25, 0.3) is 0 Å². The molecule has 0 bridgehead atoms. The van der Waals surface area contributed by atoms with E-state index in [2.05, 4.69) is 4.18 Å². The molecule has 0 aliphatic carbocycles. The number of phenols is 2. The van der Waals surface area contributed by atoms with E-state index >= 15 is 0 Å². The summed E-state index contributed by atoms with van der Waals surface area (Å²) in [4.78, 5) is 11.3. The molecule has 2 aromatic carbocycles. The molecule has 1 saturated heterocycles. The number of ether oxygens (including phenoxy) is 2. The van der Waals surface area contributed by atoms with E-state index in [9.17, 15) is 48.4 Å². The van der Waals surface area contributed by atoms with Gasteiger partial charge in [-0.1, -0.05) is 26.0 Å². The Balaban J connectivity index is 1.79. The maximum atomic E-state index is 11.5. The fourth-order valence-corrected chi connectivity index (χ4v) is 4.43. The molecule has 7 atom stereocenters. The quantitative estimate of drug-likeness (QED) is 0.157. The van der Waals surface area contributed by atoms with Crippen LogP contribution >= 0.6 is 0 Å². The van der Waals surface area contributed by atoms with E-state index in [0.29, 0.717) is 18.4 Å². The van der Waals surface area contributed by atoms with Crippen LogP contribution in [-0.4, -0.2) is 80.3 Å². The molecule has 1 aliphatic heterocycles. The summed E-state index contributed by atoms with van der Waals surface area (Å²) in [7, 11) is -5.02. The summed E-state index contributed by atoms with van der Waals surface area (Å²) >= 11 is 0. The first-order valence-electron chi connectivity index (χ1n) is 11.6. The Morgan fingerprint density at radius 3 is 2.03 bits per heavy atom. The number of aliphatic hydroxyl groups is 3. The zero-order valence-corrected chi connectivity index (χ0v) is 21.2. The monoisotopic (exact) mass is 558 g/mol. The topological polar surface area (TPSA) is 221 Å². The Hall–Kier alpha value is -3.14. The number of rotatable bonds is 10. The van der Waals surface area contributed by atoms with Gasteiger partial charge in [-0.05, 0) is 60.1 Å². The first kappa shape index (κ1) is 29.4. The number of hydrogen-bond donors (Lipinski definition) is 7. The summed E-state index contributed by atoms with van der Waals surface area (Å²) in [5, 5.41) is 58.4. The number of benzene rings is 2. The molecular weight excluding hydrogens is 528 g/mol. The molecule has 0 radical (unpaired) electrons. The fraction of sp³-hybridized carbons (Fsp3) is 0.458. The van der Waals surface area contributed by atoms with Gasteiger partial charge in [0.15, 0.2) is 29.1 Å². The van der Waals surface area contributed by atoms with E-state index in [1.807, 2.05) is 13.8 Å². The summed E-state index contributed by atoms with van der Waals surface area (Å²) in [6.07, 6.45) is -8.59.